The molecule has 2 N–H and O–H groups in total. The molecule has 2 aliphatic heterocycles. The average molecular weight is 408 g/mol. The lowest BCUT2D eigenvalue weighted by atomic mass is 9.88. The van der Waals surface area contributed by atoms with E-state index >= 15 is 0 Å². The Morgan fingerprint density at radius 3 is 2.55 bits per heavy atom. The number of carbonyl (C=O) groups excluding carboxylic acids is 4. The summed E-state index contributed by atoms with van der Waals surface area (Å²) in [5.74, 6) is -0.789. The second-order valence-corrected chi connectivity index (χ2v) is 8.15. The highest BCUT2D eigenvalue weighted by Gasteiger charge is 2.39. The number of carbonyl (C=O) groups is 4. The highest BCUT2D eigenvalue weighted by molar-refractivity contribution is 5.93. The van der Waals surface area contributed by atoms with E-state index < -0.39 is 18.0 Å². The summed E-state index contributed by atoms with van der Waals surface area (Å²) in [5, 5.41) is 5.53. The van der Waals surface area contributed by atoms with Crippen LogP contribution < -0.4 is 10.6 Å². The SMILES string of the molecule is COCC(=O)N1CCN(C(=O)C2CCCCC2)C[C@H]1C(=O)N[C@H]1CCCNC1=O. The number of piperazine rings is 1. The maximum absolute atomic E-state index is 13.0. The molecule has 1 aliphatic carbocycles. The molecule has 3 fully saturated rings. The summed E-state index contributed by atoms with van der Waals surface area (Å²) >= 11 is 0. The van der Waals surface area contributed by atoms with Gasteiger partial charge in [-0.15, -0.1) is 0 Å². The van der Waals surface area contributed by atoms with Crippen molar-refractivity contribution in [2.75, 3.05) is 39.9 Å². The van der Waals surface area contributed by atoms with Gasteiger partial charge < -0.3 is 25.2 Å². The second kappa shape index (κ2) is 10.0. The van der Waals surface area contributed by atoms with Gasteiger partial charge in [-0.05, 0) is 25.7 Å². The third-order valence-electron chi connectivity index (χ3n) is 6.14. The second-order valence-electron chi connectivity index (χ2n) is 8.15. The Morgan fingerprint density at radius 1 is 1.10 bits per heavy atom. The molecule has 2 atom stereocenters. The molecule has 3 rings (SSSR count). The molecule has 0 aromatic heterocycles. The van der Waals surface area contributed by atoms with Crippen LogP contribution in [-0.4, -0.2) is 85.4 Å². The van der Waals surface area contributed by atoms with E-state index in [0.29, 0.717) is 19.5 Å². The van der Waals surface area contributed by atoms with Crippen LogP contribution in [0, 0.1) is 5.92 Å². The summed E-state index contributed by atoms with van der Waals surface area (Å²) in [5.41, 5.74) is 0. The molecular weight excluding hydrogens is 376 g/mol. The van der Waals surface area contributed by atoms with E-state index in [9.17, 15) is 19.2 Å². The normalized spacial score (nSPS) is 26.0. The molecule has 29 heavy (non-hydrogen) atoms. The molecule has 162 valence electrons. The number of hydrogen-bond acceptors (Lipinski definition) is 5. The lowest BCUT2D eigenvalue weighted by Gasteiger charge is -2.42. The predicted octanol–water partition coefficient (Wildman–Crippen LogP) is -0.353. The molecule has 0 bridgehead atoms. The van der Waals surface area contributed by atoms with Crippen molar-refractivity contribution in [3.8, 4) is 0 Å². The molecule has 0 radical (unpaired) electrons. The maximum atomic E-state index is 13.0. The fourth-order valence-corrected chi connectivity index (χ4v) is 4.50. The van der Waals surface area contributed by atoms with Crippen LogP contribution in [0.2, 0.25) is 0 Å². The van der Waals surface area contributed by atoms with E-state index in [1.165, 1.54) is 12.0 Å². The number of nitrogens with zero attached hydrogens (tertiary/aromatic N) is 2. The highest BCUT2D eigenvalue weighted by atomic mass is 16.5. The lowest BCUT2D eigenvalue weighted by molar-refractivity contribution is -0.152. The van der Waals surface area contributed by atoms with Gasteiger partial charge in [-0.3, -0.25) is 19.2 Å². The molecule has 9 nitrogen and oxygen atoms in total. The van der Waals surface area contributed by atoms with Gasteiger partial charge in [0.1, 0.15) is 18.7 Å². The van der Waals surface area contributed by atoms with Crippen molar-refractivity contribution in [3.05, 3.63) is 0 Å². The smallest absolute Gasteiger partial charge is 0.249 e. The predicted molar refractivity (Wildman–Crippen MR) is 105 cm³/mol. The van der Waals surface area contributed by atoms with Gasteiger partial charge in [0.15, 0.2) is 0 Å². The van der Waals surface area contributed by atoms with E-state index in [1.54, 1.807) is 4.90 Å². The zero-order valence-electron chi connectivity index (χ0n) is 17.2. The van der Waals surface area contributed by atoms with Crippen molar-refractivity contribution in [2.45, 2.75) is 57.0 Å². The molecule has 0 aromatic rings. The number of rotatable bonds is 5. The van der Waals surface area contributed by atoms with Crippen LogP contribution in [0.25, 0.3) is 0 Å². The van der Waals surface area contributed by atoms with Crippen molar-refractivity contribution in [2.24, 2.45) is 5.92 Å². The molecule has 0 spiro atoms. The Labute approximate surface area is 171 Å². The molecule has 2 saturated heterocycles. The Balaban J connectivity index is 1.70. The lowest BCUT2D eigenvalue weighted by Crippen LogP contribution is -2.64. The van der Waals surface area contributed by atoms with Crippen LogP contribution in [0.1, 0.15) is 44.9 Å². The van der Waals surface area contributed by atoms with Gasteiger partial charge in [-0.2, -0.15) is 0 Å². The minimum atomic E-state index is -0.811. The number of methoxy groups -OCH3 is 1. The summed E-state index contributed by atoms with van der Waals surface area (Å²) in [6.45, 7) is 1.35. The largest absolute Gasteiger partial charge is 0.375 e. The summed E-state index contributed by atoms with van der Waals surface area (Å²) in [4.78, 5) is 53.7. The molecule has 3 aliphatic rings. The van der Waals surface area contributed by atoms with Gasteiger partial charge in [0.2, 0.25) is 23.6 Å². The maximum Gasteiger partial charge on any atom is 0.249 e. The van der Waals surface area contributed by atoms with Crippen LogP contribution in [-0.2, 0) is 23.9 Å². The molecular formula is C20H32N4O5. The summed E-state index contributed by atoms with van der Waals surface area (Å²) in [7, 11) is 1.43. The molecule has 0 aromatic carbocycles. The summed E-state index contributed by atoms with van der Waals surface area (Å²) < 4.78 is 4.95. The van der Waals surface area contributed by atoms with Crippen LogP contribution >= 0.6 is 0 Å². The zero-order chi connectivity index (χ0) is 20.8. The number of amides is 4. The van der Waals surface area contributed by atoms with Gasteiger partial charge in [0.05, 0.1) is 6.54 Å². The fraction of sp³-hybridized carbons (Fsp3) is 0.800. The van der Waals surface area contributed by atoms with Gasteiger partial charge in [0, 0.05) is 32.7 Å². The van der Waals surface area contributed by atoms with Crippen LogP contribution in [0.5, 0.6) is 0 Å². The summed E-state index contributed by atoms with van der Waals surface area (Å²) in [6, 6.07) is -1.41. The number of nitrogens with one attached hydrogen (secondary N) is 2. The van der Waals surface area contributed by atoms with Crippen molar-refractivity contribution in [3.63, 3.8) is 0 Å². The monoisotopic (exact) mass is 408 g/mol. The number of hydrogen-bond donors (Lipinski definition) is 2. The van der Waals surface area contributed by atoms with E-state index in [4.69, 9.17) is 4.74 Å². The van der Waals surface area contributed by atoms with Gasteiger partial charge in [-0.25, -0.2) is 0 Å². The van der Waals surface area contributed by atoms with Crippen LogP contribution in [0.4, 0.5) is 0 Å². The number of ether oxygens (including phenoxy) is 1. The van der Waals surface area contributed by atoms with Crippen molar-refractivity contribution >= 4 is 23.6 Å². The summed E-state index contributed by atoms with van der Waals surface area (Å²) in [6.07, 6.45) is 6.42. The first-order chi connectivity index (χ1) is 14.0. The van der Waals surface area contributed by atoms with Gasteiger partial charge in [0.25, 0.3) is 0 Å². The molecule has 4 amide bonds. The third-order valence-corrected chi connectivity index (χ3v) is 6.14. The van der Waals surface area contributed by atoms with Crippen molar-refractivity contribution in [1.82, 2.24) is 20.4 Å². The molecule has 1 saturated carbocycles. The minimum absolute atomic E-state index is 0.0119. The molecule has 9 heteroatoms. The fourth-order valence-electron chi connectivity index (χ4n) is 4.50. The minimum Gasteiger partial charge on any atom is -0.375 e. The first kappa shape index (κ1) is 21.5. The molecule has 2 heterocycles. The standard InChI is InChI=1S/C20H32N4O5/c1-29-13-17(25)24-11-10-23(20(28)14-6-3-2-4-7-14)12-16(24)19(27)22-15-8-5-9-21-18(15)26/h14-16H,2-13H2,1H3,(H,21,26)(H,22,27)/t15-,16-/m0/s1. The Bertz CT molecular complexity index is 634. The Hall–Kier alpha value is -2.16. The zero-order valence-corrected chi connectivity index (χ0v) is 17.2. The van der Waals surface area contributed by atoms with E-state index in [2.05, 4.69) is 10.6 Å². The Morgan fingerprint density at radius 2 is 1.86 bits per heavy atom. The van der Waals surface area contributed by atoms with Gasteiger partial charge in [-0.1, -0.05) is 19.3 Å². The van der Waals surface area contributed by atoms with Gasteiger partial charge >= 0.3 is 0 Å². The van der Waals surface area contributed by atoms with E-state index in [1.807, 2.05) is 0 Å². The first-order valence-corrected chi connectivity index (χ1v) is 10.7. The van der Waals surface area contributed by atoms with E-state index in [-0.39, 0.29) is 43.3 Å². The molecule has 0 unspecified atom stereocenters. The van der Waals surface area contributed by atoms with E-state index in [0.717, 1.165) is 38.5 Å². The quantitative estimate of drug-likeness (QED) is 0.646. The Kier molecular flexibility index (Phi) is 7.46. The van der Waals surface area contributed by atoms with Crippen LogP contribution in [0.15, 0.2) is 0 Å². The highest BCUT2D eigenvalue weighted by Crippen LogP contribution is 2.26. The topological polar surface area (TPSA) is 108 Å². The van der Waals surface area contributed by atoms with Crippen molar-refractivity contribution < 1.29 is 23.9 Å². The first-order valence-electron chi connectivity index (χ1n) is 10.7. The number of piperidine rings is 1. The van der Waals surface area contributed by atoms with Crippen molar-refractivity contribution in [1.29, 1.82) is 0 Å². The third kappa shape index (κ3) is 5.26. The van der Waals surface area contributed by atoms with Crippen LogP contribution in [0.3, 0.4) is 0 Å². The average Bonchev–Trinajstić information content (AvgIpc) is 2.75.